The third-order valence-corrected chi connectivity index (χ3v) is 3.09. The van der Waals surface area contributed by atoms with Crippen molar-refractivity contribution in [1.29, 1.82) is 5.26 Å². The highest BCUT2D eigenvalue weighted by Crippen LogP contribution is 2.29. The Labute approximate surface area is 116 Å². The average Bonchev–Trinajstić information content (AvgIpc) is 2.46. The largest absolute Gasteiger partial charge is 0.344 e. The Kier molecular flexibility index (Phi) is 3.67. The van der Waals surface area contributed by atoms with Gasteiger partial charge in [-0.3, -0.25) is 10.1 Å². The third kappa shape index (κ3) is 2.59. The van der Waals surface area contributed by atoms with Gasteiger partial charge in [-0.05, 0) is 25.1 Å². The fourth-order valence-corrected chi connectivity index (χ4v) is 1.93. The van der Waals surface area contributed by atoms with Crippen LogP contribution in [0.5, 0.6) is 0 Å². The van der Waals surface area contributed by atoms with Crippen LogP contribution < -0.4 is 4.90 Å². The summed E-state index contributed by atoms with van der Waals surface area (Å²) in [7, 11) is 1.83. The Hall–Kier alpha value is -2.87. The summed E-state index contributed by atoms with van der Waals surface area (Å²) in [6.45, 7) is 2.00. The zero-order valence-electron chi connectivity index (χ0n) is 11.2. The van der Waals surface area contributed by atoms with Gasteiger partial charge in [0.2, 0.25) is 0 Å². The molecule has 5 heteroatoms. The van der Waals surface area contributed by atoms with Crippen LogP contribution in [0.15, 0.2) is 42.5 Å². The van der Waals surface area contributed by atoms with Crippen LogP contribution in [0.25, 0.3) is 0 Å². The molecule has 0 bridgehead atoms. The fraction of sp³-hybridized carbons (Fsp3) is 0.133. The Morgan fingerprint density at radius 1 is 1.20 bits per heavy atom. The second-order valence-corrected chi connectivity index (χ2v) is 4.46. The maximum Gasteiger partial charge on any atom is 0.270 e. The van der Waals surface area contributed by atoms with Crippen molar-refractivity contribution in [3.05, 3.63) is 63.7 Å². The molecule has 0 saturated heterocycles. The van der Waals surface area contributed by atoms with Crippen LogP contribution in [0.2, 0.25) is 0 Å². The molecule has 0 spiro atoms. The number of rotatable bonds is 3. The van der Waals surface area contributed by atoms with E-state index in [1.807, 2.05) is 49.2 Å². The van der Waals surface area contributed by atoms with Crippen LogP contribution >= 0.6 is 0 Å². The molecule has 0 heterocycles. The molecule has 0 aromatic heterocycles. The molecule has 0 radical (unpaired) electrons. The van der Waals surface area contributed by atoms with Crippen molar-refractivity contribution in [3.8, 4) is 6.07 Å². The Morgan fingerprint density at radius 3 is 2.40 bits per heavy atom. The number of aryl methyl sites for hydroxylation is 1. The predicted molar refractivity (Wildman–Crippen MR) is 77.1 cm³/mol. The molecule has 2 rings (SSSR count). The number of nitro benzene ring substituents is 1. The lowest BCUT2D eigenvalue weighted by Gasteiger charge is -2.20. The van der Waals surface area contributed by atoms with Crippen molar-refractivity contribution >= 4 is 17.1 Å². The first-order valence-electron chi connectivity index (χ1n) is 6.02. The smallest absolute Gasteiger partial charge is 0.270 e. The highest BCUT2D eigenvalue weighted by molar-refractivity contribution is 5.70. The van der Waals surface area contributed by atoms with Gasteiger partial charge in [0.1, 0.15) is 6.07 Å². The van der Waals surface area contributed by atoms with Crippen LogP contribution in [-0.4, -0.2) is 12.0 Å². The van der Waals surface area contributed by atoms with E-state index in [9.17, 15) is 10.1 Å². The van der Waals surface area contributed by atoms with E-state index in [0.717, 1.165) is 11.3 Å². The highest BCUT2D eigenvalue weighted by atomic mass is 16.6. The molecule has 0 atom stereocenters. The Morgan fingerprint density at radius 2 is 1.85 bits per heavy atom. The van der Waals surface area contributed by atoms with Crippen LogP contribution in [0.3, 0.4) is 0 Å². The average molecular weight is 267 g/mol. The number of nitriles is 1. The SMILES string of the molecule is Cc1ccc(N(C)c2ccc([N+](=O)[O-])cc2C#N)cc1. The van der Waals surface area contributed by atoms with Gasteiger partial charge in [0.05, 0.1) is 16.2 Å². The van der Waals surface area contributed by atoms with Gasteiger partial charge in [-0.1, -0.05) is 17.7 Å². The second-order valence-electron chi connectivity index (χ2n) is 4.46. The Bertz CT molecular complexity index is 687. The van der Waals surface area contributed by atoms with Gasteiger partial charge >= 0.3 is 0 Å². The van der Waals surface area contributed by atoms with E-state index < -0.39 is 4.92 Å². The van der Waals surface area contributed by atoms with Crippen molar-refractivity contribution < 1.29 is 4.92 Å². The number of hydrogen-bond donors (Lipinski definition) is 0. The van der Waals surface area contributed by atoms with Crippen molar-refractivity contribution in [2.75, 3.05) is 11.9 Å². The number of nitro groups is 1. The summed E-state index contributed by atoms with van der Waals surface area (Å²) in [5.74, 6) is 0. The predicted octanol–water partition coefficient (Wildman–Crippen LogP) is 3.54. The minimum absolute atomic E-state index is 0.0809. The van der Waals surface area contributed by atoms with Gasteiger partial charge in [0.15, 0.2) is 0 Å². The topological polar surface area (TPSA) is 70.2 Å². The summed E-state index contributed by atoms with van der Waals surface area (Å²) in [4.78, 5) is 12.1. The van der Waals surface area contributed by atoms with E-state index >= 15 is 0 Å². The van der Waals surface area contributed by atoms with E-state index in [1.165, 1.54) is 12.1 Å². The molecule has 0 N–H and O–H groups in total. The molecule has 2 aromatic carbocycles. The lowest BCUT2D eigenvalue weighted by molar-refractivity contribution is -0.384. The van der Waals surface area contributed by atoms with Gasteiger partial charge in [-0.25, -0.2) is 0 Å². The summed E-state index contributed by atoms with van der Waals surface area (Å²) in [6, 6.07) is 14.1. The van der Waals surface area contributed by atoms with E-state index in [0.29, 0.717) is 5.69 Å². The van der Waals surface area contributed by atoms with Crippen LogP contribution in [0, 0.1) is 28.4 Å². The van der Waals surface area contributed by atoms with Gasteiger partial charge in [0.25, 0.3) is 5.69 Å². The third-order valence-electron chi connectivity index (χ3n) is 3.09. The van der Waals surface area contributed by atoms with E-state index in [4.69, 9.17) is 5.26 Å². The normalized spacial score (nSPS) is 9.85. The lowest BCUT2D eigenvalue weighted by Crippen LogP contribution is -2.11. The van der Waals surface area contributed by atoms with E-state index in [-0.39, 0.29) is 11.3 Å². The lowest BCUT2D eigenvalue weighted by atomic mass is 10.1. The molecule has 5 nitrogen and oxygen atoms in total. The number of benzene rings is 2. The fourth-order valence-electron chi connectivity index (χ4n) is 1.93. The molecule has 2 aromatic rings. The maximum atomic E-state index is 10.7. The molecule has 0 aliphatic rings. The number of non-ortho nitro benzene ring substituents is 1. The molecular weight excluding hydrogens is 254 g/mol. The number of nitrogens with zero attached hydrogens (tertiary/aromatic N) is 3. The van der Waals surface area contributed by atoms with E-state index in [2.05, 4.69) is 0 Å². The molecule has 20 heavy (non-hydrogen) atoms. The molecule has 0 fully saturated rings. The van der Waals surface area contributed by atoms with Crippen LogP contribution in [0.1, 0.15) is 11.1 Å². The maximum absolute atomic E-state index is 10.7. The minimum atomic E-state index is -0.503. The number of anilines is 2. The van der Waals surface area contributed by atoms with Crippen molar-refractivity contribution in [2.24, 2.45) is 0 Å². The first-order chi connectivity index (χ1) is 9.52. The van der Waals surface area contributed by atoms with Gasteiger partial charge < -0.3 is 4.90 Å². The zero-order chi connectivity index (χ0) is 14.7. The summed E-state index contributed by atoms with van der Waals surface area (Å²) in [6.07, 6.45) is 0. The summed E-state index contributed by atoms with van der Waals surface area (Å²) in [5, 5.41) is 19.9. The Balaban J connectivity index is 2.44. The summed E-state index contributed by atoms with van der Waals surface area (Å²) < 4.78 is 0. The monoisotopic (exact) mass is 267 g/mol. The summed E-state index contributed by atoms with van der Waals surface area (Å²) in [5.41, 5.74) is 2.90. The van der Waals surface area contributed by atoms with Gasteiger partial charge in [-0.2, -0.15) is 5.26 Å². The molecule has 0 saturated carbocycles. The summed E-state index contributed by atoms with van der Waals surface area (Å²) >= 11 is 0. The van der Waals surface area contributed by atoms with Crippen molar-refractivity contribution in [1.82, 2.24) is 0 Å². The molecule has 0 amide bonds. The molecule has 0 aliphatic carbocycles. The standard InChI is InChI=1S/C15H13N3O2/c1-11-3-5-13(6-4-11)17(2)15-8-7-14(18(19)20)9-12(15)10-16/h3-9H,1-2H3. The molecule has 100 valence electrons. The van der Waals surface area contributed by atoms with Crippen LogP contribution in [0.4, 0.5) is 17.1 Å². The van der Waals surface area contributed by atoms with Gasteiger partial charge in [-0.15, -0.1) is 0 Å². The van der Waals surface area contributed by atoms with Crippen molar-refractivity contribution in [3.63, 3.8) is 0 Å². The van der Waals surface area contributed by atoms with E-state index in [1.54, 1.807) is 6.07 Å². The molecule has 0 aliphatic heterocycles. The molecule has 0 unspecified atom stereocenters. The second kappa shape index (κ2) is 5.41. The van der Waals surface area contributed by atoms with Crippen molar-refractivity contribution in [2.45, 2.75) is 6.92 Å². The van der Waals surface area contributed by atoms with Gasteiger partial charge in [0, 0.05) is 24.9 Å². The first kappa shape index (κ1) is 13.6. The van der Waals surface area contributed by atoms with Crippen LogP contribution in [-0.2, 0) is 0 Å². The number of hydrogen-bond acceptors (Lipinski definition) is 4. The quantitative estimate of drug-likeness (QED) is 0.630. The molecular formula is C15H13N3O2. The zero-order valence-corrected chi connectivity index (χ0v) is 11.2. The minimum Gasteiger partial charge on any atom is -0.344 e. The highest BCUT2D eigenvalue weighted by Gasteiger charge is 2.14. The first-order valence-corrected chi connectivity index (χ1v) is 6.02.